The minimum atomic E-state index is -1.40. The Bertz CT molecular complexity index is 2350. The number of hydrogen-bond donors (Lipinski definition) is 4. The highest BCUT2D eigenvalue weighted by Crippen LogP contribution is 2.26. The minimum Gasteiger partial charge on any atom is -0.450 e. The maximum Gasteiger partial charge on any atom is 0.329 e. The van der Waals surface area contributed by atoms with Crippen LogP contribution >= 0.6 is 0 Å². The zero-order chi connectivity index (χ0) is 57.6. The molecule has 0 spiro atoms. The summed E-state index contributed by atoms with van der Waals surface area (Å²) < 4.78 is 6.17. The SMILES string of the molecule is CCC(C)C1NC(=O)C2CCCN2C(=O)C(Cc2ccccc2)NC(=O)C(Cc2ccccc2)NC(=O)C(C(C)C)N(C)C(=O)C(C(C)CC)OC(=O)C(C(C)C)N(C)C(=O)C(CC(C)C)NC(=O)C(C(C)C)N(C)C1=O. The summed E-state index contributed by atoms with van der Waals surface area (Å²) in [6, 6.07) is 8.88. The van der Waals surface area contributed by atoms with Crippen LogP contribution in [0.2, 0.25) is 0 Å². The molecule has 0 radical (unpaired) electrons. The number of rotatable bonds is 13. The number of esters is 1. The molecule has 4 N–H and O–H groups in total. The van der Waals surface area contributed by atoms with Crippen LogP contribution in [0.25, 0.3) is 0 Å². The molecule has 2 aromatic rings. The number of ether oxygens (including phenoxy) is 1. The fourth-order valence-electron chi connectivity index (χ4n) is 10.6. The number of amides is 8. The Labute approximate surface area is 457 Å². The van der Waals surface area contributed by atoms with Gasteiger partial charge in [0.1, 0.15) is 48.3 Å². The van der Waals surface area contributed by atoms with Gasteiger partial charge in [-0.05, 0) is 66.4 Å². The van der Waals surface area contributed by atoms with Gasteiger partial charge in [-0.1, -0.05) is 150 Å². The van der Waals surface area contributed by atoms with Crippen molar-refractivity contribution in [3.63, 3.8) is 0 Å². The van der Waals surface area contributed by atoms with Crippen LogP contribution in [0.4, 0.5) is 0 Å². The molecule has 2 aliphatic heterocycles. The van der Waals surface area contributed by atoms with E-state index in [1.807, 2.05) is 83.1 Å². The van der Waals surface area contributed by atoms with Gasteiger partial charge in [-0.2, -0.15) is 0 Å². The van der Waals surface area contributed by atoms with Crippen LogP contribution in [0.3, 0.4) is 0 Å². The van der Waals surface area contributed by atoms with Crippen molar-refractivity contribution in [2.24, 2.45) is 35.5 Å². The van der Waals surface area contributed by atoms with Crippen molar-refractivity contribution in [3.05, 3.63) is 71.8 Å². The zero-order valence-electron chi connectivity index (χ0n) is 48.5. The second kappa shape index (κ2) is 28.9. The first-order chi connectivity index (χ1) is 36.2. The Morgan fingerprint density at radius 3 is 1.44 bits per heavy atom. The molecule has 2 saturated heterocycles. The van der Waals surface area contributed by atoms with E-state index in [-0.39, 0.29) is 38.1 Å². The number of fused-ring (bicyclic) bond motifs is 1. The number of likely N-dealkylation sites (N-methyl/N-ethyl adjacent to an activating group) is 3. The van der Waals surface area contributed by atoms with Crippen LogP contribution in [-0.2, 0) is 60.7 Å². The second-order valence-electron chi connectivity index (χ2n) is 22.9. The molecule has 0 aliphatic carbocycles. The molecule has 18 heteroatoms. The normalized spacial score (nSPS) is 26.6. The van der Waals surface area contributed by atoms with Crippen molar-refractivity contribution in [1.82, 2.24) is 40.9 Å². The largest absolute Gasteiger partial charge is 0.450 e. The number of hydrogen-bond acceptors (Lipinski definition) is 10. The fourth-order valence-corrected chi connectivity index (χ4v) is 10.6. The highest BCUT2D eigenvalue weighted by Gasteiger charge is 2.45. The van der Waals surface area contributed by atoms with Gasteiger partial charge in [0.2, 0.25) is 41.4 Å². The quantitative estimate of drug-likeness (QED) is 0.198. The Hall–Kier alpha value is -6.33. The topological polar surface area (TPSA) is 224 Å². The molecule has 0 aromatic heterocycles. The average Bonchev–Trinajstić information content (AvgIpc) is 3.88. The van der Waals surface area contributed by atoms with Crippen molar-refractivity contribution in [1.29, 1.82) is 0 Å². The van der Waals surface area contributed by atoms with E-state index >= 15 is 4.79 Å². The number of carbonyl (C=O) groups is 9. The Morgan fingerprint density at radius 2 is 0.961 bits per heavy atom. The summed E-state index contributed by atoms with van der Waals surface area (Å²) in [5, 5.41) is 11.8. The van der Waals surface area contributed by atoms with Gasteiger partial charge in [-0.25, -0.2) is 4.79 Å². The molecular formula is C59H90N8O10. The Kier molecular flexibility index (Phi) is 23.7. The van der Waals surface area contributed by atoms with E-state index in [1.54, 1.807) is 60.6 Å². The lowest BCUT2D eigenvalue weighted by molar-refractivity contribution is -0.172. The van der Waals surface area contributed by atoms with E-state index in [9.17, 15) is 38.4 Å². The maximum atomic E-state index is 15.0. The average molecular weight is 1070 g/mol. The smallest absolute Gasteiger partial charge is 0.329 e. The lowest BCUT2D eigenvalue weighted by atomic mass is 9.94. The second-order valence-corrected chi connectivity index (χ2v) is 22.9. The van der Waals surface area contributed by atoms with Crippen LogP contribution in [0.5, 0.6) is 0 Å². The first-order valence-electron chi connectivity index (χ1n) is 27.9. The summed E-state index contributed by atoms with van der Waals surface area (Å²) in [5.41, 5.74) is 1.43. The van der Waals surface area contributed by atoms with Gasteiger partial charge in [0.25, 0.3) is 5.91 Å². The van der Waals surface area contributed by atoms with Gasteiger partial charge in [-0.3, -0.25) is 38.4 Å². The number of carbonyl (C=O) groups excluding carboxylic acids is 9. The van der Waals surface area contributed by atoms with Crippen LogP contribution in [0.15, 0.2) is 60.7 Å². The number of benzene rings is 2. The van der Waals surface area contributed by atoms with Gasteiger partial charge in [0.15, 0.2) is 6.10 Å². The van der Waals surface area contributed by atoms with Gasteiger partial charge >= 0.3 is 5.97 Å². The van der Waals surface area contributed by atoms with E-state index in [4.69, 9.17) is 4.74 Å². The summed E-state index contributed by atoms with van der Waals surface area (Å²) in [5.74, 6) is -8.33. The molecule has 11 atom stereocenters. The summed E-state index contributed by atoms with van der Waals surface area (Å²) >= 11 is 0. The molecule has 2 aliphatic rings. The third kappa shape index (κ3) is 16.4. The van der Waals surface area contributed by atoms with Crippen LogP contribution in [-0.4, -0.2) is 155 Å². The van der Waals surface area contributed by atoms with Crippen molar-refractivity contribution in [2.75, 3.05) is 27.7 Å². The highest BCUT2D eigenvalue weighted by atomic mass is 16.6. The summed E-state index contributed by atoms with van der Waals surface area (Å²) in [6.07, 6.45) is 0.439. The molecule has 2 fully saturated rings. The van der Waals surface area contributed by atoms with Gasteiger partial charge in [0, 0.05) is 46.4 Å². The van der Waals surface area contributed by atoms with E-state index in [2.05, 4.69) is 21.3 Å². The van der Waals surface area contributed by atoms with Crippen molar-refractivity contribution < 1.29 is 47.9 Å². The number of nitrogens with zero attached hydrogens (tertiary/aromatic N) is 4. The van der Waals surface area contributed by atoms with Crippen molar-refractivity contribution >= 4 is 53.2 Å². The standard InChI is InChI=1S/C59H90N8O10/c1-16-38(11)46-57(74)64(13)47(35(5)6)54(71)62-43(31-34(3)4)55(72)66(15)49(37(9)10)59(76)77-50(39(12)17-2)58(75)65(14)48(36(7)8)53(70)60-42(32-40-25-20-18-21-26-40)51(68)61-44(33-41-27-22-19-23-28-41)56(73)67-30-24-29-45(67)52(69)63-46/h18-23,25-28,34-39,42-50H,16-17,24,29-33H2,1-15H3,(H,60,70)(H,61,68)(H,62,71)(H,63,69). The number of cyclic esters (lactones) is 1. The first kappa shape index (κ1) is 63.2. The fraction of sp³-hybridized carbons (Fsp3) is 0.644. The van der Waals surface area contributed by atoms with Crippen molar-refractivity contribution in [3.8, 4) is 0 Å². The predicted octanol–water partition coefficient (Wildman–Crippen LogP) is 4.91. The molecule has 426 valence electrons. The van der Waals surface area contributed by atoms with E-state index in [1.165, 1.54) is 40.7 Å². The van der Waals surface area contributed by atoms with Crippen LogP contribution in [0, 0.1) is 35.5 Å². The molecule has 0 saturated carbocycles. The van der Waals surface area contributed by atoms with Gasteiger partial charge < -0.3 is 45.6 Å². The molecular weight excluding hydrogens is 981 g/mol. The third-order valence-corrected chi connectivity index (χ3v) is 15.4. The highest BCUT2D eigenvalue weighted by molar-refractivity contribution is 5.99. The van der Waals surface area contributed by atoms with Crippen LogP contribution < -0.4 is 21.3 Å². The number of nitrogens with one attached hydrogen (secondary N) is 4. The van der Waals surface area contributed by atoms with Crippen molar-refractivity contribution in [2.45, 2.75) is 182 Å². The zero-order valence-corrected chi connectivity index (χ0v) is 48.5. The third-order valence-electron chi connectivity index (χ3n) is 15.4. The van der Waals surface area contributed by atoms with Gasteiger partial charge in [-0.15, -0.1) is 0 Å². The maximum absolute atomic E-state index is 15.0. The Morgan fingerprint density at radius 1 is 0.506 bits per heavy atom. The van der Waals surface area contributed by atoms with Crippen LogP contribution in [0.1, 0.15) is 126 Å². The molecule has 11 unspecified atom stereocenters. The predicted molar refractivity (Wildman–Crippen MR) is 295 cm³/mol. The minimum absolute atomic E-state index is 0.00804. The Balaban J connectivity index is 1.93. The molecule has 2 heterocycles. The molecule has 18 nitrogen and oxygen atoms in total. The summed E-state index contributed by atoms with van der Waals surface area (Å²) in [6.45, 7) is 21.8. The molecule has 4 rings (SSSR count). The summed E-state index contributed by atoms with van der Waals surface area (Å²) in [7, 11) is 4.40. The molecule has 77 heavy (non-hydrogen) atoms. The lowest BCUT2D eigenvalue weighted by Crippen LogP contribution is -2.62. The summed E-state index contributed by atoms with van der Waals surface area (Å²) in [4.78, 5) is 138. The monoisotopic (exact) mass is 1070 g/mol. The first-order valence-corrected chi connectivity index (χ1v) is 27.9. The van der Waals surface area contributed by atoms with E-state index < -0.39 is 137 Å². The lowest BCUT2D eigenvalue weighted by Gasteiger charge is -2.38. The molecule has 2 aromatic carbocycles. The molecule has 0 bridgehead atoms. The van der Waals surface area contributed by atoms with E-state index in [0.29, 0.717) is 24.8 Å². The van der Waals surface area contributed by atoms with E-state index in [0.717, 1.165) is 5.56 Å². The molecule has 8 amide bonds. The van der Waals surface area contributed by atoms with Gasteiger partial charge in [0.05, 0.1) is 0 Å².